The Hall–Kier alpha value is -0.610. The standard InChI is InChI=1S/C14H10BrCl2FO/c15-11-5-4-8(16)6-9(11)14(19)7-10-12(17)2-1-3-13(10)18/h1-6,14,19H,7H2. The van der Waals surface area contributed by atoms with Crippen LogP contribution in [-0.4, -0.2) is 5.11 Å². The Morgan fingerprint density at radius 2 is 1.95 bits per heavy atom. The topological polar surface area (TPSA) is 20.2 Å². The fourth-order valence-electron chi connectivity index (χ4n) is 1.80. The van der Waals surface area contributed by atoms with Crippen molar-refractivity contribution in [3.63, 3.8) is 0 Å². The lowest BCUT2D eigenvalue weighted by atomic mass is 10.0. The van der Waals surface area contributed by atoms with Gasteiger partial charge in [0.1, 0.15) is 5.82 Å². The zero-order valence-corrected chi connectivity index (χ0v) is 12.8. The third-order valence-corrected chi connectivity index (χ3v) is 4.09. The minimum Gasteiger partial charge on any atom is -0.388 e. The molecule has 19 heavy (non-hydrogen) atoms. The Morgan fingerprint density at radius 1 is 1.21 bits per heavy atom. The van der Waals surface area contributed by atoms with Crippen molar-refractivity contribution in [3.05, 3.63) is 67.9 Å². The lowest BCUT2D eigenvalue weighted by molar-refractivity contribution is 0.176. The van der Waals surface area contributed by atoms with E-state index in [1.165, 1.54) is 12.1 Å². The summed E-state index contributed by atoms with van der Waals surface area (Å²) in [5, 5.41) is 11.0. The zero-order valence-electron chi connectivity index (χ0n) is 9.71. The average Bonchev–Trinajstić information content (AvgIpc) is 2.37. The predicted octanol–water partition coefficient (Wildman–Crippen LogP) is 5.17. The molecule has 1 N–H and O–H groups in total. The van der Waals surface area contributed by atoms with Crippen LogP contribution in [0.5, 0.6) is 0 Å². The molecule has 0 saturated carbocycles. The number of hydrogen-bond donors (Lipinski definition) is 1. The van der Waals surface area contributed by atoms with Crippen LogP contribution in [0.25, 0.3) is 0 Å². The normalized spacial score (nSPS) is 12.5. The highest BCUT2D eigenvalue weighted by Gasteiger charge is 2.16. The zero-order chi connectivity index (χ0) is 14.0. The summed E-state index contributed by atoms with van der Waals surface area (Å²) in [6.45, 7) is 0. The van der Waals surface area contributed by atoms with Crippen molar-refractivity contribution in [2.45, 2.75) is 12.5 Å². The van der Waals surface area contributed by atoms with Crippen LogP contribution in [-0.2, 0) is 6.42 Å². The number of aliphatic hydroxyl groups is 1. The van der Waals surface area contributed by atoms with Crippen LogP contribution in [0.2, 0.25) is 10.0 Å². The molecular weight excluding hydrogens is 354 g/mol. The lowest BCUT2D eigenvalue weighted by Gasteiger charge is -2.14. The summed E-state index contributed by atoms with van der Waals surface area (Å²) in [5.41, 5.74) is 0.898. The molecule has 1 atom stereocenters. The Balaban J connectivity index is 2.31. The summed E-state index contributed by atoms with van der Waals surface area (Å²) in [4.78, 5) is 0. The van der Waals surface area contributed by atoms with E-state index in [1.807, 2.05) is 0 Å². The van der Waals surface area contributed by atoms with Gasteiger partial charge < -0.3 is 5.11 Å². The fraction of sp³-hybridized carbons (Fsp3) is 0.143. The van der Waals surface area contributed by atoms with E-state index >= 15 is 0 Å². The van der Waals surface area contributed by atoms with Crippen LogP contribution >= 0.6 is 39.1 Å². The lowest BCUT2D eigenvalue weighted by Crippen LogP contribution is -2.05. The molecule has 0 heterocycles. The van der Waals surface area contributed by atoms with Crippen molar-refractivity contribution in [3.8, 4) is 0 Å². The number of rotatable bonds is 3. The van der Waals surface area contributed by atoms with Crippen molar-refractivity contribution in [2.24, 2.45) is 0 Å². The molecule has 0 aromatic heterocycles. The van der Waals surface area contributed by atoms with E-state index in [1.54, 1.807) is 24.3 Å². The van der Waals surface area contributed by atoms with Gasteiger partial charge in [0.25, 0.3) is 0 Å². The molecule has 1 unspecified atom stereocenters. The quantitative estimate of drug-likeness (QED) is 0.797. The number of hydrogen-bond acceptors (Lipinski definition) is 1. The van der Waals surface area contributed by atoms with Crippen molar-refractivity contribution >= 4 is 39.1 Å². The maximum absolute atomic E-state index is 13.7. The molecule has 5 heteroatoms. The Kier molecular flexibility index (Phi) is 4.85. The smallest absolute Gasteiger partial charge is 0.127 e. The average molecular weight is 364 g/mol. The van der Waals surface area contributed by atoms with E-state index in [0.717, 1.165) is 4.47 Å². The molecule has 0 spiro atoms. The van der Waals surface area contributed by atoms with E-state index < -0.39 is 11.9 Å². The molecule has 0 amide bonds. The number of aliphatic hydroxyl groups excluding tert-OH is 1. The predicted molar refractivity (Wildman–Crippen MR) is 79.2 cm³/mol. The van der Waals surface area contributed by atoms with Gasteiger partial charge >= 0.3 is 0 Å². The number of halogens is 4. The van der Waals surface area contributed by atoms with Gasteiger partial charge in [-0.25, -0.2) is 4.39 Å². The molecule has 100 valence electrons. The molecule has 0 radical (unpaired) electrons. The fourth-order valence-corrected chi connectivity index (χ4v) is 2.73. The molecule has 0 aliphatic heterocycles. The van der Waals surface area contributed by atoms with Gasteiger partial charge in [-0.05, 0) is 35.9 Å². The van der Waals surface area contributed by atoms with Crippen LogP contribution in [0.3, 0.4) is 0 Å². The molecular formula is C14H10BrCl2FO. The largest absolute Gasteiger partial charge is 0.388 e. The molecule has 2 aromatic rings. The van der Waals surface area contributed by atoms with Crippen LogP contribution in [0.15, 0.2) is 40.9 Å². The highest BCUT2D eigenvalue weighted by Crippen LogP contribution is 2.31. The van der Waals surface area contributed by atoms with Crippen molar-refractivity contribution < 1.29 is 9.50 Å². The van der Waals surface area contributed by atoms with Crippen LogP contribution < -0.4 is 0 Å². The summed E-state index contributed by atoms with van der Waals surface area (Å²) >= 11 is 15.2. The van der Waals surface area contributed by atoms with E-state index in [4.69, 9.17) is 23.2 Å². The third-order valence-electron chi connectivity index (χ3n) is 2.78. The minimum absolute atomic E-state index is 0.0877. The minimum atomic E-state index is -0.887. The van der Waals surface area contributed by atoms with Crippen LogP contribution in [0.4, 0.5) is 4.39 Å². The summed E-state index contributed by atoms with van der Waals surface area (Å²) in [7, 11) is 0. The van der Waals surface area contributed by atoms with Crippen molar-refractivity contribution in [2.75, 3.05) is 0 Å². The summed E-state index contributed by atoms with van der Waals surface area (Å²) in [6.07, 6.45) is -0.799. The molecule has 0 aliphatic rings. The van der Waals surface area contributed by atoms with Crippen LogP contribution in [0, 0.1) is 5.82 Å². The van der Waals surface area contributed by atoms with E-state index in [-0.39, 0.29) is 6.42 Å². The Bertz CT molecular complexity index is 584. The summed E-state index contributed by atoms with van der Waals surface area (Å²) in [6, 6.07) is 9.54. The second kappa shape index (κ2) is 6.23. The molecule has 1 nitrogen and oxygen atoms in total. The van der Waals surface area contributed by atoms with Crippen LogP contribution in [0.1, 0.15) is 17.2 Å². The first-order valence-electron chi connectivity index (χ1n) is 5.55. The van der Waals surface area contributed by atoms with Crippen molar-refractivity contribution in [1.29, 1.82) is 0 Å². The molecule has 0 aliphatic carbocycles. The van der Waals surface area contributed by atoms with Gasteiger partial charge in [-0.1, -0.05) is 45.2 Å². The highest BCUT2D eigenvalue weighted by atomic mass is 79.9. The van der Waals surface area contributed by atoms with Gasteiger partial charge in [0.15, 0.2) is 0 Å². The first-order valence-corrected chi connectivity index (χ1v) is 7.10. The SMILES string of the molecule is OC(Cc1c(F)cccc1Cl)c1cc(Cl)ccc1Br. The molecule has 0 fully saturated rings. The second-order valence-corrected chi connectivity index (χ2v) is 5.78. The van der Waals surface area contributed by atoms with Gasteiger partial charge in [0, 0.05) is 26.5 Å². The third kappa shape index (κ3) is 3.48. The van der Waals surface area contributed by atoms with Gasteiger partial charge in [0.2, 0.25) is 0 Å². The summed E-state index contributed by atoms with van der Waals surface area (Å²) < 4.78 is 14.4. The number of benzene rings is 2. The molecule has 2 aromatic carbocycles. The maximum atomic E-state index is 13.7. The van der Waals surface area contributed by atoms with Gasteiger partial charge in [-0.2, -0.15) is 0 Å². The summed E-state index contributed by atoms with van der Waals surface area (Å²) in [5.74, 6) is -0.426. The van der Waals surface area contributed by atoms with E-state index in [2.05, 4.69) is 15.9 Å². The second-order valence-electron chi connectivity index (χ2n) is 4.09. The Morgan fingerprint density at radius 3 is 2.63 bits per heavy atom. The van der Waals surface area contributed by atoms with Crippen molar-refractivity contribution in [1.82, 2.24) is 0 Å². The van der Waals surface area contributed by atoms with E-state index in [0.29, 0.717) is 21.2 Å². The molecule has 0 saturated heterocycles. The first kappa shape index (κ1) is 14.8. The van der Waals surface area contributed by atoms with E-state index in [9.17, 15) is 9.50 Å². The van der Waals surface area contributed by atoms with Gasteiger partial charge in [-0.15, -0.1) is 0 Å². The van der Waals surface area contributed by atoms with Gasteiger partial charge in [0.05, 0.1) is 6.10 Å². The highest BCUT2D eigenvalue weighted by molar-refractivity contribution is 9.10. The Labute approximate surface area is 129 Å². The molecule has 2 rings (SSSR count). The maximum Gasteiger partial charge on any atom is 0.127 e. The molecule has 0 bridgehead atoms. The first-order chi connectivity index (χ1) is 8.99. The monoisotopic (exact) mass is 362 g/mol. The van der Waals surface area contributed by atoms with Gasteiger partial charge in [-0.3, -0.25) is 0 Å².